The zero-order valence-corrected chi connectivity index (χ0v) is 10.2. The minimum atomic E-state index is -2.27. The molecule has 0 aliphatic carbocycles. The number of aromatic nitrogens is 2. The third kappa shape index (κ3) is 4.25. The minimum absolute atomic E-state index is 1.04. The molecule has 102 valence electrons. The molecule has 0 aliphatic rings. The van der Waals surface area contributed by atoms with Crippen LogP contribution in [0.15, 0.2) is 24.0 Å². The quantitative estimate of drug-likeness (QED) is 0.595. The van der Waals surface area contributed by atoms with E-state index in [1.54, 1.807) is 17.5 Å². The van der Waals surface area contributed by atoms with Gasteiger partial charge in [0.05, 0.1) is 15.7 Å². The molecule has 19 heavy (non-hydrogen) atoms. The first-order valence-corrected chi connectivity index (χ1v) is 5.76. The van der Waals surface area contributed by atoms with E-state index in [0.29, 0.717) is 0 Å². The number of carboxylic acid groups (broad SMARTS) is 2. The molecule has 0 bridgehead atoms. The molecule has 0 saturated carbocycles. The number of aliphatic hydroxyl groups excluding tert-OH is 2. The van der Waals surface area contributed by atoms with E-state index in [2.05, 4.69) is 9.97 Å². The lowest BCUT2D eigenvalue weighted by Crippen LogP contribution is -2.39. The third-order valence-electron chi connectivity index (χ3n) is 1.94. The number of aliphatic hydroxyl groups is 2. The normalized spacial score (nSPS) is 13.2. The van der Waals surface area contributed by atoms with Crippen molar-refractivity contribution in [3.05, 3.63) is 24.0 Å². The molecule has 9 heteroatoms. The van der Waals surface area contributed by atoms with Crippen molar-refractivity contribution >= 4 is 33.5 Å². The lowest BCUT2D eigenvalue weighted by Gasteiger charge is -2.07. The third-order valence-corrected chi connectivity index (χ3v) is 2.72. The van der Waals surface area contributed by atoms with Gasteiger partial charge in [0.2, 0.25) is 0 Å². The van der Waals surface area contributed by atoms with Gasteiger partial charge in [0.15, 0.2) is 12.2 Å². The Balaban J connectivity index is 0.000000190. The molecule has 0 saturated heterocycles. The summed E-state index contributed by atoms with van der Waals surface area (Å²) in [7, 11) is 0. The van der Waals surface area contributed by atoms with Crippen molar-refractivity contribution in [2.75, 3.05) is 0 Å². The van der Waals surface area contributed by atoms with E-state index in [9.17, 15) is 9.59 Å². The Hall–Kier alpha value is -2.10. The molecule has 2 heterocycles. The molecule has 0 spiro atoms. The molecule has 2 aromatic heterocycles. The van der Waals surface area contributed by atoms with E-state index >= 15 is 0 Å². The van der Waals surface area contributed by atoms with Crippen LogP contribution in [0.5, 0.6) is 0 Å². The number of carboxylic acids is 2. The lowest BCUT2D eigenvalue weighted by atomic mass is 10.2. The Bertz CT molecular complexity index is 524. The van der Waals surface area contributed by atoms with Gasteiger partial charge in [-0.2, -0.15) is 0 Å². The average molecular weight is 286 g/mol. The number of hydrogen-bond donors (Lipinski definition) is 4. The minimum Gasteiger partial charge on any atom is -0.479 e. The SMILES string of the molecule is O=C(O)C(O)C(O)C(=O)O.c1cc2ncsc2cn1. The van der Waals surface area contributed by atoms with Crippen molar-refractivity contribution in [3.8, 4) is 0 Å². The monoisotopic (exact) mass is 286 g/mol. The first kappa shape index (κ1) is 15.0. The predicted molar refractivity (Wildman–Crippen MR) is 64.7 cm³/mol. The standard InChI is InChI=1S/C6H4N2S.C4H6O6/c1-2-7-3-6-5(1)8-4-9-6;5-1(3(7)8)2(6)4(9)10/h1-4H;1-2,5-6H,(H,7,8)(H,9,10). The van der Waals surface area contributed by atoms with Crippen molar-refractivity contribution in [3.63, 3.8) is 0 Å². The van der Waals surface area contributed by atoms with Gasteiger partial charge in [0, 0.05) is 12.4 Å². The van der Waals surface area contributed by atoms with E-state index in [0.717, 1.165) is 10.2 Å². The summed E-state index contributed by atoms with van der Waals surface area (Å²) >= 11 is 1.61. The summed E-state index contributed by atoms with van der Waals surface area (Å²) in [4.78, 5) is 27.6. The van der Waals surface area contributed by atoms with Crippen LogP contribution in [0.4, 0.5) is 0 Å². The number of carbonyl (C=O) groups is 2. The molecule has 0 fully saturated rings. The van der Waals surface area contributed by atoms with Crippen LogP contribution in [0.1, 0.15) is 0 Å². The molecule has 8 nitrogen and oxygen atoms in total. The molecule has 0 amide bonds. The lowest BCUT2D eigenvalue weighted by molar-refractivity contribution is -0.165. The van der Waals surface area contributed by atoms with Gasteiger partial charge in [0.25, 0.3) is 0 Å². The van der Waals surface area contributed by atoms with Crippen LogP contribution in [0, 0.1) is 0 Å². The maximum Gasteiger partial charge on any atom is 0.335 e. The van der Waals surface area contributed by atoms with Gasteiger partial charge < -0.3 is 20.4 Å². The summed E-state index contributed by atoms with van der Waals surface area (Å²) < 4.78 is 1.15. The van der Waals surface area contributed by atoms with Crippen LogP contribution < -0.4 is 0 Å². The molecule has 2 unspecified atom stereocenters. The Kier molecular flexibility index (Phi) is 5.30. The van der Waals surface area contributed by atoms with E-state index in [4.69, 9.17) is 20.4 Å². The molecule has 2 aromatic rings. The fourth-order valence-electron chi connectivity index (χ4n) is 0.980. The van der Waals surface area contributed by atoms with Gasteiger partial charge in [-0.15, -0.1) is 11.3 Å². The fraction of sp³-hybridized carbons (Fsp3) is 0.200. The van der Waals surface area contributed by atoms with E-state index in [1.807, 2.05) is 17.8 Å². The number of pyridine rings is 1. The second-order valence-corrected chi connectivity index (χ2v) is 4.15. The van der Waals surface area contributed by atoms with Gasteiger partial charge in [-0.05, 0) is 6.07 Å². The molecular formula is C10H10N2O6S. The fourth-order valence-corrected chi connectivity index (χ4v) is 1.62. The second-order valence-electron chi connectivity index (χ2n) is 3.26. The zero-order chi connectivity index (χ0) is 14.4. The number of nitrogens with zero attached hydrogens (tertiary/aromatic N) is 2. The van der Waals surface area contributed by atoms with Crippen molar-refractivity contribution in [2.45, 2.75) is 12.2 Å². The van der Waals surface area contributed by atoms with Crippen LogP contribution in [0.2, 0.25) is 0 Å². The van der Waals surface area contributed by atoms with Crippen LogP contribution in [-0.4, -0.2) is 54.5 Å². The number of aliphatic carboxylic acids is 2. The highest BCUT2D eigenvalue weighted by atomic mass is 32.1. The van der Waals surface area contributed by atoms with Crippen molar-refractivity contribution in [2.24, 2.45) is 0 Å². The molecule has 0 aliphatic heterocycles. The number of hydrogen-bond acceptors (Lipinski definition) is 7. The highest BCUT2D eigenvalue weighted by Gasteiger charge is 2.29. The Morgan fingerprint density at radius 2 is 1.74 bits per heavy atom. The van der Waals surface area contributed by atoms with Crippen LogP contribution >= 0.6 is 11.3 Å². The summed E-state index contributed by atoms with van der Waals surface area (Å²) in [5.74, 6) is -3.54. The molecule has 0 radical (unpaired) electrons. The van der Waals surface area contributed by atoms with E-state index in [-0.39, 0.29) is 0 Å². The number of rotatable bonds is 3. The van der Waals surface area contributed by atoms with Gasteiger partial charge in [-0.1, -0.05) is 0 Å². The first-order valence-electron chi connectivity index (χ1n) is 4.88. The molecule has 4 N–H and O–H groups in total. The summed E-state index contributed by atoms with van der Waals surface area (Å²) in [5, 5.41) is 32.5. The zero-order valence-electron chi connectivity index (χ0n) is 9.37. The van der Waals surface area contributed by atoms with Crippen LogP contribution in [0.25, 0.3) is 10.2 Å². The van der Waals surface area contributed by atoms with Crippen molar-refractivity contribution in [1.29, 1.82) is 0 Å². The molecule has 2 atom stereocenters. The summed E-state index contributed by atoms with van der Waals surface area (Å²) in [6, 6.07) is 1.91. The van der Waals surface area contributed by atoms with E-state index < -0.39 is 24.1 Å². The average Bonchev–Trinajstić information content (AvgIpc) is 2.85. The first-order chi connectivity index (χ1) is 8.93. The number of thiazole rings is 1. The Morgan fingerprint density at radius 3 is 2.21 bits per heavy atom. The van der Waals surface area contributed by atoms with Crippen molar-refractivity contribution < 1.29 is 30.0 Å². The highest BCUT2D eigenvalue weighted by molar-refractivity contribution is 7.16. The van der Waals surface area contributed by atoms with Crippen molar-refractivity contribution in [1.82, 2.24) is 9.97 Å². The second kappa shape index (κ2) is 6.73. The Morgan fingerprint density at radius 1 is 1.16 bits per heavy atom. The molecular weight excluding hydrogens is 276 g/mol. The predicted octanol–water partition coefficient (Wildman–Crippen LogP) is -0.431. The Labute approximate surface area is 110 Å². The largest absolute Gasteiger partial charge is 0.479 e. The molecule has 0 aromatic carbocycles. The van der Waals surface area contributed by atoms with Gasteiger partial charge in [-0.25, -0.2) is 14.6 Å². The highest BCUT2D eigenvalue weighted by Crippen LogP contribution is 2.13. The van der Waals surface area contributed by atoms with Crippen LogP contribution in [0.3, 0.4) is 0 Å². The summed E-state index contributed by atoms with van der Waals surface area (Å²) in [6.07, 6.45) is -0.954. The van der Waals surface area contributed by atoms with Gasteiger partial charge in [-0.3, -0.25) is 4.98 Å². The summed E-state index contributed by atoms with van der Waals surface area (Å²) in [6.45, 7) is 0. The van der Waals surface area contributed by atoms with Gasteiger partial charge in [0.1, 0.15) is 0 Å². The smallest absolute Gasteiger partial charge is 0.335 e. The molecule has 2 rings (SSSR count). The maximum atomic E-state index is 9.77. The number of fused-ring (bicyclic) bond motifs is 1. The van der Waals surface area contributed by atoms with E-state index in [1.165, 1.54) is 0 Å². The maximum absolute atomic E-state index is 9.77. The summed E-state index contributed by atoms with van der Waals surface area (Å²) in [5.41, 5.74) is 2.86. The topological polar surface area (TPSA) is 141 Å². The van der Waals surface area contributed by atoms with Gasteiger partial charge >= 0.3 is 11.9 Å². The van der Waals surface area contributed by atoms with Crippen LogP contribution in [-0.2, 0) is 9.59 Å².